The van der Waals surface area contributed by atoms with E-state index in [-0.39, 0.29) is 6.04 Å². The molecule has 1 aromatic heterocycles. The molecule has 2 heterocycles. The molecule has 0 aliphatic carbocycles. The highest BCUT2D eigenvalue weighted by Crippen LogP contribution is 2.27. The summed E-state index contributed by atoms with van der Waals surface area (Å²) in [4.78, 5) is 6.71. The van der Waals surface area contributed by atoms with Gasteiger partial charge in [-0.25, -0.2) is 9.67 Å². The minimum absolute atomic E-state index is 0.181. The zero-order chi connectivity index (χ0) is 14.1. The topological polar surface area (TPSA) is 60.0 Å². The van der Waals surface area contributed by atoms with Gasteiger partial charge in [0.2, 0.25) is 0 Å². The number of hydrogen-bond acceptors (Lipinski definition) is 4. The second-order valence-electron chi connectivity index (χ2n) is 5.69. The van der Waals surface area contributed by atoms with Gasteiger partial charge in [-0.05, 0) is 31.9 Å². The number of fused-ring (bicyclic) bond motifs is 1. The van der Waals surface area contributed by atoms with Crippen LogP contribution in [0.15, 0.2) is 30.6 Å². The third kappa shape index (κ3) is 2.41. The molecule has 0 saturated carbocycles. The number of nitrogens with two attached hydrogens (primary N) is 1. The molecule has 0 amide bonds. The number of nitrogens with zero attached hydrogens (tertiary/aromatic N) is 4. The van der Waals surface area contributed by atoms with Crippen molar-refractivity contribution in [3.8, 4) is 0 Å². The van der Waals surface area contributed by atoms with E-state index in [0.717, 1.165) is 25.3 Å². The fourth-order valence-electron chi connectivity index (χ4n) is 2.86. The zero-order valence-electron chi connectivity index (χ0n) is 12.0. The van der Waals surface area contributed by atoms with Crippen LogP contribution in [0, 0.1) is 0 Å². The van der Waals surface area contributed by atoms with Gasteiger partial charge in [-0.2, -0.15) is 5.10 Å². The van der Waals surface area contributed by atoms with Crippen LogP contribution in [0.3, 0.4) is 0 Å². The Morgan fingerprint density at radius 1 is 1.35 bits per heavy atom. The van der Waals surface area contributed by atoms with Crippen LogP contribution in [0.4, 0.5) is 5.69 Å². The van der Waals surface area contributed by atoms with Crippen molar-refractivity contribution in [2.75, 3.05) is 11.4 Å². The number of rotatable bonds is 3. The van der Waals surface area contributed by atoms with Gasteiger partial charge in [0.1, 0.15) is 12.2 Å². The molecule has 1 aromatic carbocycles. The second-order valence-corrected chi connectivity index (χ2v) is 5.69. The quantitative estimate of drug-likeness (QED) is 0.924. The summed E-state index contributed by atoms with van der Waals surface area (Å²) < 4.78 is 1.97. The predicted octanol–water partition coefficient (Wildman–Crippen LogP) is 1.75. The highest BCUT2D eigenvalue weighted by atomic mass is 15.4. The summed E-state index contributed by atoms with van der Waals surface area (Å²) in [6.45, 7) is 5.85. The molecular formula is C15H21N5. The van der Waals surface area contributed by atoms with E-state index in [0.29, 0.717) is 6.04 Å². The third-order valence-electron chi connectivity index (χ3n) is 3.74. The Morgan fingerprint density at radius 3 is 2.95 bits per heavy atom. The molecule has 0 fully saturated rings. The van der Waals surface area contributed by atoms with Gasteiger partial charge < -0.3 is 10.6 Å². The fourth-order valence-corrected chi connectivity index (χ4v) is 2.86. The first-order chi connectivity index (χ1) is 9.65. The Balaban J connectivity index is 1.89. The maximum atomic E-state index is 6.18. The normalized spacial score (nSPS) is 18.4. The van der Waals surface area contributed by atoms with Crippen LogP contribution in [0.25, 0.3) is 0 Å². The average molecular weight is 271 g/mol. The van der Waals surface area contributed by atoms with Crippen molar-refractivity contribution in [1.29, 1.82) is 0 Å². The summed E-state index contributed by atoms with van der Waals surface area (Å²) in [6, 6.07) is 8.98. The predicted molar refractivity (Wildman–Crippen MR) is 79.6 cm³/mol. The number of aromatic nitrogens is 3. The van der Waals surface area contributed by atoms with Crippen LogP contribution in [-0.2, 0) is 13.0 Å². The number of para-hydroxylation sites is 1. The van der Waals surface area contributed by atoms with Crippen molar-refractivity contribution in [2.24, 2.45) is 5.73 Å². The molecule has 2 aromatic rings. The largest absolute Gasteiger partial charge is 0.362 e. The zero-order valence-corrected chi connectivity index (χ0v) is 12.0. The SMILES string of the molecule is CC(C)n1ncnc1CN1CC(N)Cc2ccccc21. The van der Waals surface area contributed by atoms with Crippen molar-refractivity contribution >= 4 is 5.69 Å². The van der Waals surface area contributed by atoms with Crippen molar-refractivity contribution in [1.82, 2.24) is 14.8 Å². The molecular weight excluding hydrogens is 250 g/mol. The standard InChI is InChI=1S/C15H21N5/c1-11(2)20-15(17-10-18-20)9-19-8-13(16)7-12-5-3-4-6-14(12)19/h3-6,10-11,13H,7-9,16H2,1-2H3. The van der Waals surface area contributed by atoms with E-state index in [1.165, 1.54) is 11.3 Å². The summed E-state index contributed by atoms with van der Waals surface area (Å²) in [5.41, 5.74) is 8.77. The molecule has 1 unspecified atom stereocenters. The van der Waals surface area contributed by atoms with Gasteiger partial charge in [0.15, 0.2) is 0 Å². The van der Waals surface area contributed by atoms with Crippen molar-refractivity contribution < 1.29 is 0 Å². The van der Waals surface area contributed by atoms with Gasteiger partial charge in [-0.1, -0.05) is 18.2 Å². The summed E-state index contributed by atoms with van der Waals surface area (Å²) in [6.07, 6.45) is 2.58. The van der Waals surface area contributed by atoms with Crippen LogP contribution >= 0.6 is 0 Å². The van der Waals surface area contributed by atoms with Crippen LogP contribution in [0.2, 0.25) is 0 Å². The molecule has 1 aliphatic heterocycles. The molecule has 5 heteroatoms. The lowest BCUT2D eigenvalue weighted by molar-refractivity contribution is 0.494. The minimum atomic E-state index is 0.181. The molecule has 0 saturated heterocycles. The lowest BCUT2D eigenvalue weighted by atomic mass is 9.98. The van der Waals surface area contributed by atoms with Gasteiger partial charge in [-0.15, -0.1) is 0 Å². The first-order valence-corrected chi connectivity index (χ1v) is 7.12. The van der Waals surface area contributed by atoms with Crippen molar-refractivity contribution in [2.45, 2.75) is 38.9 Å². The summed E-state index contributed by atoms with van der Waals surface area (Å²) in [5, 5.41) is 4.30. The average Bonchev–Trinajstić information content (AvgIpc) is 2.87. The molecule has 2 N–H and O–H groups in total. The monoisotopic (exact) mass is 271 g/mol. The van der Waals surface area contributed by atoms with Crippen molar-refractivity contribution in [3.63, 3.8) is 0 Å². The Morgan fingerprint density at radius 2 is 2.15 bits per heavy atom. The van der Waals surface area contributed by atoms with Gasteiger partial charge >= 0.3 is 0 Å². The third-order valence-corrected chi connectivity index (χ3v) is 3.74. The van der Waals surface area contributed by atoms with Gasteiger partial charge in [-0.3, -0.25) is 0 Å². The highest BCUT2D eigenvalue weighted by Gasteiger charge is 2.23. The summed E-state index contributed by atoms with van der Waals surface area (Å²) in [5.74, 6) is 0.990. The summed E-state index contributed by atoms with van der Waals surface area (Å²) >= 11 is 0. The molecule has 0 spiro atoms. The van der Waals surface area contributed by atoms with E-state index in [4.69, 9.17) is 5.73 Å². The molecule has 20 heavy (non-hydrogen) atoms. The van der Waals surface area contributed by atoms with E-state index in [1.807, 2.05) is 4.68 Å². The molecule has 106 valence electrons. The molecule has 3 rings (SSSR count). The van der Waals surface area contributed by atoms with Crippen molar-refractivity contribution in [3.05, 3.63) is 42.0 Å². The summed E-state index contributed by atoms with van der Waals surface area (Å²) in [7, 11) is 0. The highest BCUT2D eigenvalue weighted by molar-refractivity contribution is 5.56. The van der Waals surface area contributed by atoms with E-state index >= 15 is 0 Å². The maximum Gasteiger partial charge on any atom is 0.146 e. The van der Waals surface area contributed by atoms with E-state index < -0.39 is 0 Å². The Kier molecular flexibility index (Phi) is 3.44. The van der Waals surface area contributed by atoms with Gasteiger partial charge in [0.25, 0.3) is 0 Å². The second kappa shape index (κ2) is 5.25. The van der Waals surface area contributed by atoms with Gasteiger partial charge in [0, 0.05) is 24.3 Å². The van der Waals surface area contributed by atoms with E-state index in [1.54, 1.807) is 6.33 Å². The first-order valence-electron chi connectivity index (χ1n) is 7.12. The molecule has 1 aliphatic rings. The molecule has 0 radical (unpaired) electrons. The Labute approximate surface area is 119 Å². The van der Waals surface area contributed by atoms with E-state index in [9.17, 15) is 0 Å². The first kappa shape index (κ1) is 13.1. The Hall–Kier alpha value is -1.88. The number of hydrogen-bond donors (Lipinski definition) is 1. The minimum Gasteiger partial charge on any atom is -0.362 e. The van der Waals surface area contributed by atoms with Crippen LogP contribution in [0.5, 0.6) is 0 Å². The van der Waals surface area contributed by atoms with Gasteiger partial charge in [0.05, 0.1) is 6.54 Å². The lowest BCUT2D eigenvalue weighted by Crippen LogP contribution is -2.43. The lowest BCUT2D eigenvalue weighted by Gasteiger charge is -2.34. The fraction of sp³-hybridized carbons (Fsp3) is 0.467. The smallest absolute Gasteiger partial charge is 0.146 e. The van der Waals surface area contributed by atoms with Crippen LogP contribution < -0.4 is 10.6 Å². The number of benzene rings is 1. The molecule has 0 bridgehead atoms. The van der Waals surface area contributed by atoms with Crippen LogP contribution in [-0.4, -0.2) is 27.4 Å². The number of anilines is 1. The van der Waals surface area contributed by atoms with Crippen LogP contribution in [0.1, 0.15) is 31.3 Å². The molecule has 5 nitrogen and oxygen atoms in total. The molecule has 1 atom stereocenters. The van der Waals surface area contributed by atoms with E-state index in [2.05, 4.69) is 53.1 Å². The maximum absolute atomic E-state index is 6.18. The Bertz CT molecular complexity index is 589.